The molecule has 29 heavy (non-hydrogen) atoms. The van der Waals surface area contributed by atoms with Crippen LogP contribution in [0, 0.1) is 0 Å². The maximum atomic E-state index is 12.6. The van der Waals surface area contributed by atoms with E-state index in [1.165, 1.54) is 0 Å². The van der Waals surface area contributed by atoms with Crippen molar-refractivity contribution in [3.05, 3.63) is 71.3 Å². The minimum Gasteiger partial charge on any atom is -0.481 e. The summed E-state index contributed by atoms with van der Waals surface area (Å²) in [6.45, 7) is 4.81. The molecule has 2 aromatic rings. The maximum absolute atomic E-state index is 12.6. The molecule has 0 heterocycles. The molecule has 1 amide bonds. The van der Waals surface area contributed by atoms with Gasteiger partial charge in [-0.15, -0.1) is 0 Å². The number of benzene rings is 2. The highest BCUT2D eigenvalue weighted by Crippen LogP contribution is 2.31. The molecule has 0 radical (unpaired) electrons. The van der Waals surface area contributed by atoms with Gasteiger partial charge in [0.1, 0.15) is 6.61 Å². The zero-order valence-corrected chi connectivity index (χ0v) is 17.3. The Hall–Kier alpha value is -2.86. The van der Waals surface area contributed by atoms with Crippen LogP contribution in [0.25, 0.3) is 0 Å². The molecule has 0 saturated heterocycles. The first-order valence-corrected chi connectivity index (χ1v) is 9.82. The van der Waals surface area contributed by atoms with Crippen LogP contribution < -0.4 is 10.6 Å². The quantitative estimate of drug-likeness (QED) is 0.563. The van der Waals surface area contributed by atoms with Crippen molar-refractivity contribution < 1.29 is 19.4 Å². The molecule has 0 saturated carbocycles. The number of rotatable bonds is 10. The number of alkyl carbamates (subject to hydrolysis) is 1. The van der Waals surface area contributed by atoms with Gasteiger partial charge in [-0.05, 0) is 42.6 Å². The van der Waals surface area contributed by atoms with Gasteiger partial charge >= 0.3 is 12.1 Å². The highest BCUT2D eigenvalue weighted by atomic mass is 16.5. The van der Waals surface area contributed by atoms with Crippen LogP contribution in [0.15, 0.2) is 54.6 Å². The summed E-state index contributed by atoms with van der Waals surface area (Å²) in [5, 5.41) is 15.5. The standard InChI is InChI=1S/C23H30N2O4/c1-17(2)19-10-7-11-20(14-19)23(12-13-24-3,15-21(26)27)25-22(28)29-16-18-8-5-4-6-9-18/h4-11,14,17,24H,12-13,15-16H2,1-3H3,(H,25,28)(H,26,27). The zero-order valence-electron chi connectivity index (χ0n) is 17.3. The van der Waals surface area contributed by atoms with E-state index in [4.69, 9.17) is 4.74 Å². The number of ether oxygens (including phenoxy) is 1. The SMILES string of the molecule is CNCCC(CC(=O)O)(NC(=O)OCc1ccccc1)c1cccc(C(C)C)c1. The van der Waals surface area contributed by atoms with Crippen LogP contribution >= 0.6 is 0 Å². The van der Waals surface area contributed by atoms with Gasteiger partial charge in [-0.1, -0.05) is 68.4 Å². The first-order chi connectivity index (χ1) is 13.9. The van der Waals surface area contributed by atoms with E-state index < -0.39 is 17.6 Å². The van der Waals surface area contributed by atoms with Crippen LogP contribution in [0.3, 0.4) is 0 Å². The van der Waals surface area contributed by atoms with Crippen molar-refractivity contribution >= 4 is 12.1 Å². The van der Waals surface area contributed by atoms with Gasteiger partial charge in [0, 0.05) is 0 Å². The van der Waals surface area contributed by atoms with Gasteiger partial charge in [-0.25, -0.2) is 4.79 Å². The Balaban J connectivity index is 2.30. The number of carboxylic acids is 1. The van der Waals surface area contributed by atoms with E-state index in [1.807, 2.05) is 54.6 Å². The zero-order chi connectivity index (χ0) is 21.3. The Labute approximate surface area is 172 Å². The van der Waals surface area contributed by atoms with E-state index in [0.717, 1.165) is 16.7 Å². The molecule has 0 bridgehead atoms. The van der Waals surface area contributed by atoms with Gasteiger partial charge in [0.15, 0.2) is 0 Å². The number of aliphatic carboxylic acids is 1. The maximum Gasteiger partial charge on any atom is 0.408 e. The predicted octanol–water partition coefficient (Wildman–Crippen LogP) is 4.02. The van der Waals surface area contributed by atoms with Crippen LogP contribution in [0.1, 0.15) is 49.3 Å². The lowest BCUT2D eigenvalue weighted by atomic mass is 9.82. The number of amides is 1. The number of nitrogens with one attached hydrogen (secondary N) is 2. The molecule has 0 aliphatic carbocycles. The van der Waals surface area contributed by atoms with Gasteiger partial charge in [0.25, 0.3) is 0 Å². The van der Waals surface area contributed by atoms with Gasteiger partial charge in [-0.2, -0.15) is 0 Å². The normalized spacial score (nSPS) is 13.0. The van der Waals surface area contributed by atoms with E-state index in [1.54, 1.807) is 7.05 Å². The summed E-state index contributed by atoms with van der Waals surface area (Å²) in [7, 11) is 1.80. The Morgan fingerprint density at radius 3 is 2.45 bits per heavy atom. The second-order valence-corrected chi connectivity index (χ2v) is 7.47. The molecular weight excluding hydrogens is 368 g/mol. The monoisotopic (exact) mass is 398 g/mol. The summed E-state index contributed by atoms with van der Waals surface area (Å²) < 4.78 is 5.38. The molecule has 6 heteroatoms. The molecule has 0 spiro atoms. The summed E-state index contributed by atoms with van der Waals surface area (Å²) in [5.74, 6) is -0.703. The Kier molecular flexibility index (Phi) is 8.21. The molecule has 0 fully saturated rings. The van der Waals surface area contributed by atoms with Crippen molar-refractivity contribution in [2.24, 2.45) is 0 Å². The van der Waals surface area contributed by atoms with E-state index in [2.05, 4.69) is 24.5 Å². The lowest BCUT2D eigenvalue weighted by Crippen LogP contribution is -2.49. The number of hydrogen-bond acceptors (Lipinski definition) is 4. The molecule has 1 atom stereocenters. The lowest BCUT2D eigenvalue weighted by molar-refractivity contribution is -0.138. The predicted molar refractivity (Wildman–Crippen MR) is 113 cm³/mol. The molecule has 2 rings (SSSR count). The van der Waals surface area contributed by atoms with E-state index in [-0.39, 0.29) is 18.9 Å². The van der Waals surface area contributed by atoms with Crippen LogP contribution in [0.4, 0.5) is 4.79 Å². The van der Waals surface area contributed by atoms with Crippen LogP contribution in [-0.4, -0.2) is 30.8 Å². The lowest BCUT2D eigenvalue weighted by Gasteiger charge is -2.34. The average molecular weight is 399 g/mol. The van der Waals surface area contributed by atoms with E-state index in [9.17, 15) is 14.7 Å². The molecule has 0 aliphatic heterocycles. The van der Waals surface area contributed by atoms with E-state index >= 15 is 0 Å². The van der Waals surface area contributed by atoms with Crippen LogP contribution in [-0.2, 0) is 21.7 Å². The fourth-order valence-electron chi connectivity index (χ4n) is 3.26. The summed E-state index contributed by atoms with van der Waals surface area (Å²) in [4.78, 5) is 24.3. The number of carbonyl (C=O) groups excluding carboxylic acids is 1. The highest BCUT2D eigenvalue weighted by Gasteiger charge is 2.37. The van der Waals surface area contributed by atoms with Crippen molar-refractivity contribution in [3.63, 3.8) is 0 Å². The molecule has 0 aliphatic rings. The van der Waals surface area contributed by atoms with Crippen molar-refractivity contribution in [2.75, 3.05) is 13.6 Å². The third-order valence-corrected chi connectivity index (χ3v) is 4.91. The summed E-state index contributed by atoms with van der Waals surface area (Å²) in [5.41, 5.74) is 1.63. The van der Waals surface area contributed by atoms with Gasteiger partial charge in [0.05, 0.1) is 12.0 Å². The van der Waals surface area contributed by atoms with Crippen LogP contribution in [0.5, 0.6) is 0 Å². The third kappa shape index (κ3) is 6.61. The molecular formula is C23H30N2O4. The second-order valence-electron chi connectivity index (χ2n) is 7.47. The van der Waals surface area contributed by atoms with Gasteiger partial charge in [0.2, 0.25) is 0 Å². The van der Waals surface area contributed by atoms with Crippen molar-refractivity contribution in [1.29, 1.82) is 0 Å². The number of carbonyl (C=O) groups is 2. The largest absolute Gasteiger partial charge is 0.481 e. The Morgan fingerprint density at radius 2 is 1.83 bits per heavy atom. The minimum absolute atomic E-state index is 0.119. The fraction of sp³-hybridized carbons (Fsp3) is 0.391. The highest BCUT2D eigenvalue weighted by molar-refractivity contribution is 5.73. The number of hydrogen-bond donors (Lipinski definition) is 3. The Morgan fingerprint density at radius 1 is 1.10 bits per heavy atom. The first kappa shape index (κ1) is 22.4. The van der Waals surface area contributed by atoms with Crippen molar-refractivity contribution in [1.82, 2.24) is 10.6 Å². The topological polar surface area (TPSA) is 87.7 Å². The van der Waals surface area contributed by atoms with Gasteiger partial charge in [-0.3, -0.25) is 4.79 Å². The first-order valence-electron chi connectivity index (χ1n) is 9.82. The minimum atomic E-state index is -1.08. The molecule has 0 aromatic heterocycles. The van der Waals surface area contributed by atoms with Crippen LogP contribution in [0.2, 0.25) is 0 Å². The fourth-order valence-corrected chi connectivity index (χ4v) is 3.26. The molecule has 6 nitrogen and oxygen atoms in total. The number of carboxylic acid groups (broad SMARTS) is 1. The molecule has 2 aromatic carbocycles. The summed E-state index contributed by atoms with van der Waals surface area (Å²) in [6.07, 6.45) is -0.463. The average Bonchev–Trinajstić information content (AvgIpc) is 2.71. The van der Waals surface area contributed by atoms with Gasteiger partial charge < -0.3 is 20.5 Å². The molecule has 3 N–H and O–H groups in total. The van der Waals surface area contributed by atoms with Crippen molar-refractivity contribution in [2.45, 2.75) is 44.8 Å². The van der Waals surface area contributed by atoms with Crippen molar-refractivity contribution in [3.8, 4) is 0 Å². The summed E-state index contributed by atoms with van der Waals surface area (Å²) >= 11 is 0. The van der Waals surface area contributed by atoms with E-state index in [0.29, 0.717) is 13.0 Å². The molecule has 1 unspecified atom stereocenters. The second kappa shape index (κ2) is 10.6. The Bertz CT molecular complexity index is 808. The smallest absolute Gasteiger partial charge is 0.408 e. The third-order valence-electron chi connectivity index (χ3n) is 4.91. The molecule has 156 valence electrons. The summed E-state index contributed by atoms with van der Waals surface area (Å²) in [6, 6.07) is 17.1.